The van der Waals surface area contributed by atoms with Crippen molar-refractivity contribution in [3.63, 3.8) is 0 Å². The highest BCUT2D eigenvalue weighted by Gasteiger charge is 2.30. The molecule has 2 N–H and O–H groups in total. The molecule has 0 aliphatic rings. The van der Waals surface area contributed by atoms with Crippen molar-refractivity contribution < 1.29 is 20.8 Å². The maximum Gasteiger partial charge on any atom is 0.416 e. The summed E-state index contributed by atoms with van der Waals surface area (Å²) in [6.07, 6.45) is -3.08. The molecule has 0 aromatic heterocycles. The van der Waals surface area contributed by atoms with Gasteiger partial charge in [0, 0.05) is 27.2 Å². The third kappa shape index (κ3) is 6.39. The van der Waals surface area contributed by atoms with Gasteiger partial charge in [0.15, 0.2) is 0 Å². The van der Waals surface area contributed by atoms with Crippen LogP contribution >= 0.6 is 0 Å². The van der Waals surface area contributed by atoms with Crippen molar-refractivity contribution in [2.45, 2.75) is 31.1 Å². The smallest absolute Gasteiger partial charge is 0.416 e. The first-order valence-corrected chi connectivity index (χ1v) is 10.8. The van der Waals surface area contributed by atoms with Crippen LogP contribution in [0.15, 0.2) is 91.1 Å². The summed E-state index contributed by atoms with van der Waals surface area (Å²) < 4.78 is 44.3. The Kier molecular flexibility index (Phi) is 8.17. The zero-order valence-corrected chi connectivity index (χ0v) is 18.8. The van der Waals surface area contributed by atoms with Crippen molar-refractivity contribution in [3.8, 4) is 5.75 Å². The van der Waals surface area contributed by atoms with Crippen molar-refractivity contribution in [2.24, 2.45) is 0 Å². The largest absolute Gasteiger partial charge is 0.496 e. The zero-order chi connectivity index (χ0) is 23.8. The quantitative estimate of drug-likeness (QED) is 0.345. The van der Waals surface area contributed by atoms with E-state index >= 15 is 0 Å². The van der Waals surface area contributed by atoms with E-state index < -0.39 is 11.7 Å². The molecule has 33 heavy (non-hydrogen) atoms. The van der Waals surface area contributed by atoms with E-state index in [-0.39, 0.29) is 14.9 Å². The van der Waals surface area contributed by atoms with Gasteiger partial charge in [-0.1, -0.05) is 67.2 Å². The lowest BCUT2D eigenvalue weighted by atomic mass is 9.95. The maximum absolute atomic E-state index is 12.9. The molecule has 3 aromatic rings. The van der Waals surface area contributed by atoms with Gasteiger partial charge in [-0.25, -0.2) is 0 Å². The Morgan fingerprint density at radius 3 is 2.21 bits per heavy atom. The van der Waals surface area contributed by atoms with Crippen LogP contribution in [-0.4, -0.2) is 14.2 Å². The number of hydrogen-bond acceptors (Lipinski definition) is 3. The number of nitrogens with one attached hydrogen (secondary N) is 2. The highest BCUT2D eigenvalue weighted by molar-refractivity contribution is 5.37. The first-order chi connectivity index (χ1) is 15.8. The van der Waals surface area contributed by atoms with E-state index in [1.807, 2.05) is 61.6 Å². The van der Waals surface area contributed by atoms with E-state index in [1.54, 1.807) is 19.2 Å². The van der Waals surface area contributed by atoms with Gasteiger partial charge in [-0.05, 0) is 42.2 Å². The number of rotatable bonds is 10. The molecule has 0 aliphatic heterocycles. The molecule has 0 radical (unpaired) electrons. The molecule has 3 aromatic carbocycles. The highest BCUT2D eigenvalue weighted by atomic mass is 19.4. The van der Waals surface area contributed by atoms with E-state index in [0.717, 1.165) is 40.3 Å². The molecule has 0 aliphatic carbocycles. The summed E-state index contributed by atoms with van der Waals surface area (Å²) in [6, 6.07) is 22.8. The average molecular weight is 459 g/mol. The first-order valence-electron chi connectivity index (χ1n) is 10.8. The highest BCUT2D eigenvalue weighted by Crippen LogP contribution is 2.33. The number of ether oxygens (including phenoxy) is 1. The standard InChI is InChI=1S/C27H29F3N2O.2H2/c1-19(31-2)26(21-9-5-4-6-10-21)32-24(23-11-7-8-12-25(23)33-3)18-15-20-13-16-22(17-14-20)27(28,29)30;;/h4-14,16-17,24,26,31-32H,1,15,18H2,2-3H3;2*1H/t24-,26-;;/m1../s1. The Morgan fingerprint density at radius 1 is 0.970 bits per heavy atom. The average Bonchev–Trinajstić information content (AvgIpc) is 2.84. The van der Waals surface area contributed by atoms with Gasteiger partial charge in [0.2, 0.25) is 0 Å². The Balaban J connectivity index is 0.00000306. The Hall–Kier alpha value is -3.25. The van der Waals surface area contributed by atoms with Crippen LogP contribution in [0.2, 0.25) is 0 Å². The van der Waals surface area contributed by atoms with Crippen LogP contribution in [0.1, 0.15) is 43.6 Å². The van der Waals surface area contributed by atoms with E-state index in [1.165, 1.54) is 0 Å². The number of alkyl halides is 3. The molecular formula is C27H33F3N2O. The molecule has 0 spiro atoms. The number of hydrogen-bond donors (Lipinski definition) is 2. The Bertz CT molecular complexity index is 1040. The van der Waals surface area contributed by atoms with Crippen molar-refractivity contribution >= 4 is 0 Å². The van der Waals surface area contributed by atoms with Gasteiger partial charge in [-0.2, -0.15) is 13.2 Å². The normalized spacial score (nSPS) is 13.2. The predicted octanol–water partition coefficient (Wildman–Crippen LogP) is 6.94. The van der Waals surface area contributed by atoms with E-state index in [0.29, 0.717) is 12.8 Å². The molecule has 0 bridgehead atoms. The van der Waals surface area contributed by atoms with Gasteiger partial charge in [0.1, 0.15) is 5.75 Å². The van der Waals surface area contributed by atoms with Crippen LogP contribution < -0.4 is 15.4 Å². The second kappa shape index (κ2) is 11.1. The number of para-hydroxylation sites is 1. The summed E-state index contributed by atoms with van der Waals surface area (Å²) >= 11 is 0. The van der Waals surface area contributed by atoms with Gasteiger partial charge >= 0.3 is 6.18 Å². The number of halogens is 3. The fourth-order valence-electron chi connectivity index (χ4n) is 3.84. The van der Waals surface area contributed by atoms with E-state index in [9.17, 15) is 13.2 Å². The van der Waals surface area contributed by atoms with Crippen molar-refractivity contribution in [3.05, 3.63) is 113 Å². The molecule has 0 saturated carbocycles. The minimum absolute atomic E-state index is 0. The van der Waals surface area contributed by atoms with E-state index in [2.05, 4.69) is 17.2 Å². The second-order valence-corrected chi connectivity index (χ2v) is 7.81. The van der Waals surface area contributed by atoms with Crippen LogP contribution in [0.3, 0.4) is 0 Å². The minimum atomic E-state index is -4.34. The summed E-state index contributed by atoms with van der Waals surface area (Å²) in [5, 5.41) is 6.84. The van der Waals surface area contributed by atoms with Crippen LogP contribution in [0.4, 0.5) is 13.2 Å². The fourth-order valence-corrected chi connectivity index (χ4v) is 3.84. The van der Waals surface area contributed by atoms with Gasteiger partial charge in [0.05, 0.1) is 18.7 Å². The molecule has 3 rings (SSSR count). The van der Waals surface area contributed by atoms with Crippen molar-refractivity contribution in [1.29, 1.82) is 0 Å². The third-order valence-corrected chi connectivity index (χ3v) is 5.69. The Labute approximate surface area is 196 Å². The Morgan fingerprint density at radius 2 is 1.61 bits per heavy atom. The number of benzene rings is 3. The third-order valence-electron chi connectivity index (χ3n) is 5.69. The predicted molar refractivity (Wildman–Crippen MR) is 130 cm³/mol. The van der Waals surface area contributed by atoms with Crippen molar-refractivity contribution in [1.82, 2.24) is 10.6 Å². The molecule has 0 fully saturated rings. The fraction of sp³-hybridized carbons (Fsp3) is 0.259. The second-order valence-electron chi connectivity index (χ2n) is 7.81. The molecule has 0 heterocycles. The lowest BCUT2D eigenvalue weighted by molar-refractivity contribution is -0.137. The first kappa shape index (κ1) is 24.4. The topological polar surface area (TPSA) is 33.3 Å². The lowest BCUT2D eigenvalue weighted by Crippen LogP contribution is -2.31. The molecule has 0 unspecified atom stereocenters. The monoisotopic (exact) mass is 458 g/mol. The van der Waals surface area contributed by atoms with Crippen LogP contribution in [0.5, 0.6) is 5.75 Å². The maximum atomic E-state index is 12.9. The summed E-state index contributed by atoms with van der Waals surface area (Å²) in [4.78, 5) is 0. The van der Waals surface area contributed by atoms with E-state index in [4.69, 9.17) is 4.74 Å². The number of methoxy groups -OCH3 is 1. The number of likely N-dealkylation sites (N-methyl/N-ethyl adjacent to an activating group) is 1. The SMILES string of the molecule is C=C(NC)[C@@H](N[C@H](CCc1ccc(C(F)(F)F)cc1)c1ccccc1OC)c1ccccc1.[HH].[HH]. The summed E-state index contributed by atoms with van der Waals surface area (Å²) in [7, 11) is 3.47. The molecule has 178 valence electrons. The summed E-state index contributed by atoms with van der Waals surface area (Å²) in [5.41, 5.74) is 3.06. The van der Waals surface area contributed by atoms with Crippen LogP contribution in [-0.2, 0) is 12.6 Å². The lowest BCUT2D eigenvalue weighted by Gasteiger charge is -2.29. The summed E-state index contributed by atoms with van der Waals surface area (Å²) in [6.45, 7) is 4.18. The van der Waals surface area contributed by atoms with Crippen LogP contribution in [0.25, 0.3) is 0 Å². The number of aryl methyl sites for hydroxylation is 1. The molecule has 3 nitrogen and oxygen atoms in total. The molecule has 0 saturated heterocycles. The van der Waals surface area contributed by atoms with Gasteiger partial charge in [0.25, 0.3) is 0 Å². The zero-order valence-electron chi connectivity index (χ0n) is 18.8. The molecule has 0 amide bonds. The minimum Gasteiger partial charge on any atom is -0.496 e. The van der Waals surface area contributed by atoms with Gasteiger partial charge < -0.3 is 10.1 Å². The molecular weight excluding hydrogens is 425 g/mol. The molecule has 2 atom stereocenters. The molecule has 6 heteroatoms. The van der Waals surface area contributed by atoms with Crippen molar-refractivity contribution in [2.75, 3.05) is 14.2 Å². The van der Waals surface area contributed by atoms with Crippen LogP contribution in [0, 0.1) is 0 Å². The summed E-state index contributed by atoms with van der Waals surface area (Å²) in [5.74, 6) is 0.754. The van der Waals surface area contributed by atoms with Gasteiger partial charge in [-0.15, -0.1) is 0 Å². The van der Waals surface area contributed by atoms with Gasteiger partial charge in [-0.3, -0.25) is 5.32 Å².